The molecule has 0 aliphatic heterocycles. The summed E-state index contributed by atoms with van der Waals surface area (Å²) in [5.41, 5.74) is 7.39. The predicted octanol–water partition coefficient (Wildman–Crippen LogP) is 1.34. The SMILES string of the molecule is CO/N=C(/C)c1ccc(O)c(N)c1. The number of nitrogens with two attached hydrogens (primary N) is 1. The Hall–Kier alpha value is -1.71. The summed E-state index contributed by atoms with van der Waals surface area (Å²) < 4.78 is 0. The minimum absolute atomic E-state index is 0.0777. The van der Waals surface area contributed by atoms with E-state index in [2.05, 4.69) is 9.99 Å². The van der Waals surface area contributed by atoms with E-state index < -0.39 is 0 Å². The van der Waals surface area contributed by atoms with E-state index in [0.29, 0.717) is 11.4 Å². The Morgan fingerprint density at radius 1 is 1.54 bits per heavy atom. The zero-order valence-corrected chi connectivity index (χ0v) is 7.61. The van der Waals surface area contributed by atoms with Gasteiger partial charge in [-0.1, -0.05) is 5.16 Å². The second-order valence-electron chi connectivity index (χ2n) is 2.63. The van der Waals surface area contributed by atoms with Gasteiger partial charge in [-0.3, -0.25) is 0 Å². The van der Waals surface area contributed by atoms with Gasteiger partial charge in [-0.2, -0.15) is 0 Å². The Morgan fingerprint density at radius 3 is 2.77 bits per heavy atom. The molecular formula is C9H12N2O2. The highest BCUT2D eigenvalue weighted by molar-refractivity contribution is 5.99. The summed E-state index contributed by atoms with van der Waals surface area (Å²) in [4.78, 5) is 4.61. The molecule has 0 atom stereocenters. The molecule has 0 fully saturated rings. The van der Waals surface area contributed by atoms with Gasteiger partial charge in [0.1, 0.15) is 12.9 Å². The molecule has 1 aromatic carbocycles. The number of nitrogens with zero attached hydrogens (tertiary/aromatic N) is 1. The lowest BCUT2D eigenvalue weighted by Crippen LogP contribution is -1.97. The van der Waals surface area contributed by atoms with Crippen LogP contribution in [0.4, 0.5) is 5.69 Å². The fourth-order valence-electron chi connectivity index (χ4n) is 0.969. The number of aromatic hydroxyl groups is 1. The molecule has 4 heteroatoms. The Morgan fingerprint density at radius 2 is 2.23 bits per heavy atom. The molecule has 0 bridgehead atoms. The third-order valence-electron chi connectivity index (χ3n) is 1.67. The number of benzene rings is 1. The van der Waals surface area contributed by atoms with Crippen molar-refractivity contribution in [3.8, 4) is 5.75 Å². The maximum atomic E-state index is 9.16. The fraction of sp³-hybridized carbons (Fsp3) is 0.222. The van der Waals surface area contributed by atoms with E-state index >= 15 is 0 Å². The lowest BCUT2D eigenvalue weighted by Gasteiger charge is -2.02. The quantitative estimate of drug-likeness (QED) is 0.312. The van der Waals surface area contributed by atoms with Gasteiger partial charge in [-0.05, 0) is 25.1 Å². The highest BCUT2D eigenvalue weighted by Crippen LogP contribution is 2.20. The first-order chi connectivity index (χ1) is 6.15. The number of oxime groups is 1. The van der Waals surface area contributed by atoms with Crippen LogP contribution in [0, 0.1) is 0 Å². The maximum absolute atomic E-state index is 9.16. The van der Waals surface area contributed by atoms with E-state index in [4.69, 9.17) is 10.8 Å². The van der Waals surface area contributed by atoms with Gasteiger partial charge < -0.3 is 15.7 Å². The molecule has 70 valence electrons. The van der Waals surface area contributed by atoms with E-state index in [1.54, 1.807) is 19.1 Å². The highest BCUT2D eigenvalue weighted by atomic mass is 16.6. The molecule has 0 spiro atoms. The largest absolute Gasteiger partial charge is 0.506 e. The van der Waals surface area contributed by atoms with Crippen molar-refractivity contribution in [1.82, 2.24) is 0 Å². The minimum Gasteiger partial charge on any atom is -0.506 e. The molecule has 0 saturated carbocycles. The van der Waals surface area contributed by atoms with Crippen molar-refractivity contribution >= 4 is 11.4 Å². The van der Waals surface area contributed by atoms with Gasteiger partial charge in [0.05, 0.1) is 11.4 Å². The molecule has 1 rings (SSSR count). The van der Waals surface area contributed by atoms with Crippen LogP contribution in [0.3, 0.4) is 0 Å². The Bertz CT molecular complexity index is 334. The first-order valence-corrected chi connectivity index (χ1v) is 3.81. The smallest absolute Gasteiger partial charge is 0.138 e. The van der Waals surface area contributed by atoms with E-state index in [9.17, 15) is 0 Å². The summed E-state index contributed by atoms with van der Waals surface area (Å²) in [5, 5.41) is 12.9. The van der Waals surface area contributed by atoms with Crippen LogP contribution in [0.5, 0.6) is 5.75 Å². The summed E-state index contributed by atoms with van der Waals surface area (Å²) in [6.07, 6.45) is 0. The van der Waals surface area contributed by atoms with Crippen LogP contribution >= 0.6 is 0 Å². The molecule has 0 unspecified atom stereocenters. The molecule has 0 radical (unpaired) electrons. The molecule has 0 aliphatic carbocycles. The first-order valence-electron chi connectivity index (χ1n) is 3.81. The molecule has 13 heavy (non-hydrogen) atoms. The number of hydrogen-bond acceptors (Lipinski definition) is 4. The fourth-order valence-corrected chi connectivity index (χ4v) is 0.969. The zero-order chi connectivity index (χ0) is 9.84. The summed E-state index contributed by atoms with van der Waals surface area (Å²) in [5.74, 6) is 0.0777. The second-order valence-corrected chi connectivity index (χ2v) is 2.63. The molecule has 3 N–H and O–H groups in total. The van der Waals surface area contributed by atoms with Crippen LogP contribution in [0.25, 0.3) is 0 Å². The van der Waals surface area contributed by atoms with Crippen LogP contribution in [-0.4, -0.2) is 17.9 Å². The average molecular weight is 180 g/mol. The van der Waals surface area contributed by atoms with Gasteiger partial charge in [-0.15, -0.1) is 0 Å². The van der Waals surface area contributed by atoms with Gasteiger partial charge in [0.25, 0.3) is 0 Å². The Balaban J connectivity index is 3.04. The predicted molar refractivity (Wildman–Crippen MR) is 51.7 cm³/mol. The maximum Gasteiger partial charge on any atom is 0.138 e. The summed E-state index contributed by atoms with van der Waals surface area (Å²) in [6, 6.07) is 4.90. The van der Waals surface area contributed by atoms with Crippen molar-refractivity contribution in [2.24, 2.45) is 5.16 Å². The standard InChI is InChI=1S/C9H12N2O2/c1-6(11-13-2)7-3-4-9(12)8(10)5-7/h3-5,12H,10H2,1-2H3/b11-6-. The zero-order valence-electron chi connectivity index (χ0n) is 7.61. The Kier molecular flexibility index (Phi) is 2.74. The van der Waals surface area contributed by atoms with Gasteiger partial charge in [0, 0.05) is 5.56 Å². The number of phenolic OH excluding ortho intramolecular Hbond substituents is 1. The van der Waals surface area contributed by atoms with Crippen molar-refractivity contribution in [2.75, 3.05) is 12.8 Å². The van der Waals surface area contributed by atoms with Gasteiger partial charge >= 0.3 is 0 Å². The molecule has 4 nitrogen and oxygen atoms in total. The van der Waals surface area contributed by atoms with Crippen LogP contribution in [0.1, 0.15) is 12.5 Å². The number of rotatable bonds is 2. The van der Waals surface area contributed by atoms with Crippen LogP contribution in [0.15, 0.2) is 23.4 Å². The third-order valence-corrected chi connectivity index (χ3v) is 1.67. The minimum atomic E-state index is 0.0777. The number of phenols is 1. The number of nitrogen functional groups attached to an aromatic ring is 1. The van der Waals surface area contributed by atoms with E-state index in [-0.39, 0.29) is 5.75 Å². The summed E-state index contributed by atoms with van der Waals surface area (Å²) in [7, 11) is 1.48. The third kappa shape index (κ3) is 2.11. The highest BCUT2D eigenvalue weighted by Gasteiger charge is 2.01. The molecule has 1 aromatic rings. The van der Waals surface area contributed by atoms with Crippen LogP contribution in [-0.2, 0) is 4.84 Å². The number of anilines is 1. The van der Waals surface area contributed by atoms with Crippen LogP contribution in [0.2, 0.25) is 0 Å². The molecule has 0 amide bonds. The van der Waals surface area contributed by atoms with Crippen LogP contribution < -0.4 is 5.73 Å². The lowest BCUT2D eigenvalue weighted by molar-refractivity contribution is 0.213. The Labute approximate surface area is 76.6 Å². The molecule has 0 aliphatic rings. The first kappa shape index (κ1) is 9.38. The van der Waals surface area contributed by atoms with Gasteiger partial charge in [0.15, 0.2) is 0 Å². The van der Waals surface area contributed by atoms with Gasteiger partial charge in [-0.25, -0.2) is 0 Å². The topological polar surface area (TPSA) is 67.8 Å². The normalized spacial score (nSPS) is 11.4. The van der Waals surface area contributed by atoms with Crippen molar-refractivity contribution in [3.63, 3.8) is 0 Å². The van der Waals surface area contributed by atoms with Crippen molar-refractivity contribution in [3.05, 3.63) is 23.8 Å². The lowest BCUT2D eigenvalue weighted by atomic mass is 10.1. The van der Waals surface area contributed by atoms with Crippen molar-refractivity contribution < 1.29 is 9.94 Å². The number of hydrogen-bond donors (Lipinski definition) is 2. The van der Waals surface area contributed by atoms with E-state index in [1.165, 1.54) is 13.2 Å². The molecule has 0 aromatic heterocycles. The molecule has 0 heterocycles. The monoisotopic (exact) mass is 180 g/mol. The van der Waals surface area contributed by atoms with E-state index in [0.717, 1.165) is 5.56 Å². The van der Waals surface area contributed by atoms with E-state index in [1.807, 2.05) is 0 Å². The van der Waals surface area contributed by atoms with Crippen molar-refractivity contribution in [2.45, 2.75) is 6.92 Å². The van der Waals surface area contributed by atoms with Crippen molar-refractivity contribution in [1.29, 1.82) is 0 Å². The van der Waals surface area contributed by atoms with Gasteiger partial charge in [0.2, 0.25) is 0 Å². The summed E-state index contributed by atoms with van der Waals surface area (Å²) >= 11 is 0. The molecular weight excluding hydrogens is 168 g/mol. The summed E-state index contributed by atoms with van der Waals surface area (Å²) in [6.45, 7) is 1.80. The molecule has 0 saturated heterocycles. The average Bonchev–Trinajstić information content (AvgIpc) is 2.10. The second kappa shape index (κ2) is 3.80.